The molecular weight excluding hydrogens is 743 g/mol. The summed E-state index contributed by atoms with van der Waals surface area (Å²) in [5.41, 5.74) is 14.7. The molecule has 11 rings (SSSR count). The number of para-hydroxylation sites is 1. The predicted octanol–water partition coefficient (Wildman–Crippen LogP) is 17.4. The van der Waals surface area contributed by atoms with E-state index in [9.17, 15) is 0 Å². The highest BCUT2D eigenvalue weighted by Crippen LogP contribution is 2.49. The van der Waals surface area contributed by atoms with E-state index in [1.165, 1.54) is 113 Å². The molecule has 288 valence electrons. The monoisotopic (exact) mass is 787 g/mol. The second kappa shape index (κ2) is 15.8. The molecule has 0 saturated heterocycles. The van der Waals surface area contributed by atoms with Crippen molar-refractivity contribution in [2.45, 2.75) is 38.0 Å². The zero-order valence-electron chi connectivity index (χ0n) is 33.6. The molecule has 1 nitrogen and oxygen atoms in total. The van der Waals surface area contributed by atoms with Crippen LogP contribution in [0.5, 0.6) is 0 Å². The summed E-state index contributed by atoms with van der Waals surface area (Å²) in [5.74, 6) is 0.583. The molecule has 0 aliphatic heterocycles. The molecule has 1 saturated carbocycles. The largest absolute Gasteiger partial charge is 0.309 e. The van der Waals surface area contributed by atoms with Gasteiger partial charge in [0.2, 0.25) is 0 Å². The fourth-order valence-electron chi connectivity index (χ4n) is 9.81. The van der Waals surface area contributed by atoms with Crippen LogP contribution >= 0.6 is 11.3 Å². The van der Waals surface area contributed by atoms with Crippen molar-refractivity contribution in [3.8, 4) is 44.5 Å². The summed E-state index contributed by atoms with van der Waals surface area (Å²) in [6.45, 7) is 0. The Morgan fingerprint density at radius 2 is 1.00 bits per heavy atom. The molecule has 1 aliphatic rings. The Morgan fingerprint density at radius 1 is 0.400 bits per heavy atom. The van der Waals surface area contributed by atoms with Gasteiger partial charge in [-0.1, -0.05) is 189 Å². The van der Waals surface area contributed by atoms with E-state index in [2.05, 4.69) is 211 Å². The number of benzene rings is 9. The third-order valence-electron chi connectivity index (χ3n) is 12.7. The zero-order chi connectivity index (χ0) is 39.8. The van der Waals surface area contributed by atoms with Crippen LogP contribution in [-0.2, 0) is 0 Å². The maximum atomic E-state index is 2.51. The number of hydrogen-bond donors (Lipinski definition) is 0. The fourth-order valence-corrected chi connectivity index (χ4v) is 11.0. The van der Waals surface area contributed by atoms with Gasteiger partial charge in [-0.2, -0.15) is 0 Å². The number of anilines is 3. The first-order chi connectivity index (χ1) is 29.8. The van der Waals surface area contributed by atoms with Gasteiger partial charge >= 0.3 is 0 Å². The number of rotatable bonds is 8. The van der Waals surface area contributed by atoms with E-state index in [1.807, 2.05) is 11.3 Å². The van der Waals surface area contributed by atoms with E-state index in [4.69, 9.17) is 0 Å². The van der Waals surface area contributed by atoms with Crippen LogP contribution in [0, 0.1) is 0 Å². The third-order valence-corrected chi connectivity index (χ3v) is 13.9. The molecular formula is C58H45NS. The molecule has 0 spiro atoms. The summed E-state index contributed by atoms with van der Waals surface area (Å²) in [4.78, 5) is 2.51. The van der Waals surface area contributed by atoms with E-state index in [1.54, 1.807) is 0 Å². The maximum absolute atomic E-state index is 2.51. The molecule has 1 aromatic heterocycles. The Morgan fingerprint density at radius 3 is 1.82 bits per heavy atom. The van der Waals surface area contributed by atoms with Crippen LogP contribution in [0.15, 0.2) is 206 Å². The zero-order valence-corrected chi connectivity index (χ0v) is 34.4. The van der Waals surface area contributed by atoms with E-state index in [-0.39, 0.29) is 0 Å². The minimum Gasteiger partial charge on any atom is -0.309 e. The van der Waals surface area contributed by atoms with Crippen molar-refractivity contribution >= 4 is 59.3 Å². The van der Waals surface area contributed by atoms with Gasteiger partial charge in [-0.05, 0) is 105 Å². The Labute approximate surface area is 356 Å². The Bertz CT molecular complexity index is 3110. The van der Waals surface area contributed by atoms with Crippen molar-refractivity contribution in [3.63, 3.8) is 0 Å². The summed E-state index contributed by atoms with van der Waals surface area (Å²) >= 11 is 1.89. The maximum Gasteiger partial charge on any atom is 0.0540 e. The van der Waals surface area contributed by atoms with Gasteiger partial charge < -0.3 is 4.90 Å². The minimum absolute atomic E-state index is 0.583. The standard InChI is InChI=1S/C58H45NS/c1-4-17-40(18-5-1)45-35-38-55(53(39-45)42-21-8-3-9-22-42)59(46-36-33-43(34-37-46)48-28-16-30-52-50-26-11-13-32-56(50)60-58(48)52)54-31-12-10-25-49(54)51-29-15-24-44-23-14-27-47(57(44)51)41-19-6-2-7-20-41/h1,3-5,8-18,21-39,41H,2,6-7,19-20H2. The molecule has 1 aliphatic carbocycles. The van der Waals surface area contributed by atoms with Gasteiger partial charge in [-0.15, -0.1) is 11.3 Å². The molecule has 9 aromatic carbocycles. The Hall–Kier alpha value is -6.74. The lowest BCUT2D eigenvalue weighted by atomic mass is 9.80. The van der Waals surface area contributed by atoms with Gasteiger partial charge in [-0.3, -0.25) is 0 Å². The normalized spacial score (nSPS) is 13.3. The average molecular weight is 788 g/mol. The second-order valence-electron chi connectivity index (χ2n) is 16.2. The van der Waals surface area contributed by atoms with Crippen LogP contribution in [0.1, 0.15) is 43.6 Å². The van der Waals surface area contributed by atoms with Crippen LogP contribution in [0.3, 0.4) is 0 Å². The van der Waals surface area contributed by atoms with Gasteiger partial charge in [0, 0.05) is 37.0 Å². The highest BCUT2D eigenvalue weighted by Gasteiger charge is 2.24. The van der Waals surface area contributed by atoms with Gasteiger partial charge in [-0.25, -0.2) is 0 Å². The summed E-state index contributed by atoms with van der Waals surface area (Å²) in [5, 5.41) is 5.36. The lowest BCUT2D eigenvalue weighted by Gasteiger charge is -2.31. The molecule has 0 N–H and O–H groups in total. The molecule has 0 amide bonds. The molecule has 10 aromatic rings. The lowest BCUT2D eigenvalue weighted by Crippen LogP contribution is -2.13. The second-order valence-corrected chi connectivity index (χ2v) is 17.3. The van der Waals surface area contributed by atoms with Crippen molar-refractivity contribution in [1.82, 2.24) is 0 Å². The van der Waals surface area contributed by atoms with Crippen LogP contribution in [-0.4, -0.2) is 0 Å². The first kappa shape index (κ1) is 36.3. The number of hydrogen-bond acceptors (Lipinski definition) is 2. The molecule has 0 bridgehead atoms. The number of nitrogens with zero attached hydrogens (tertiary/aromatic N) is 1. The van der Waals surface area contributed by atoms with Crippen molar-refractivity contribution in [2.75, 3.05) is 4.90 Å². The molecule has 0 unspecified atom stereocenters. The van der Waals surface area contributed by atoms with E-state index in [0.717, 1.165) is 17.1 Å². The molecule has 0 atom stereocenters. The SMILES string of the molecule is c1ccc(-c2ccc(N(c3ccc(-c4cccc5c4sc4ccccc45)cc3)c3ccccc3-c3cccc4cccc(C5CCCCC5)c34)c(-c3ccccc3)c2)cc1. The van der Waals surface area contributed by atoms with Gasteiger partial charge in [0.15, 0.2) is 0 Å². The number of fused-ring (bicyclic) bond motifs is 4. The van der Waals surface area contributed by atoms with Gasteiger partial charge in [0.1, 0.15) is 0 Å². The first-order valence-electron chi connectivity index (χ1n) is 21.5. The molecule has 60 heavy (non-hydrogen) atoms. The smallest absolute Gasteiger partial charge is 0.0540 e. The van der Waals surface area contributed by atoms with Crippen LogP contribution in [0.4, 0.5) is 17.1 Å². The molecule has 1 fully saturated rings. The average Bonchev–Trinajstić information content (AvgIpc) is 3.72. The summed E-state index contributed by atoms with van der Waals surface area (Å²) in [6, 6.07) is 76.5. The topological polar surface area (TPSA) is 3.24 Å². The van der Waals surface area contributed by atoms with E-state index >= 15 is 0 Å². The fraction of sp³-hybridized carbons (Fsp3) is 0.103. The van der Waals surface area contributed by atoms with Crippen molar-refractivity contribution in [1.29, 1.82) is 0 Å². The summed E-state index contributed by atoms with van der Waals surface area (Å²) < 4.78 is 2.66. The van der Waals surface area contributed by atoms with Crippen molar-refractivity contribution < 1.29 is 0 Å². The lowest BCUT2D eigenvalue weighted by molar-refractivity contribution is 0.445. The summed E-state index contributed by atoms with van der Waals surface area (Å²) in [7, 11) is 0. The van der Waals surface area contributed by atoms with Crippen molar-refractivity contribution in [2.24, 2.45) is 0 Å². The third kappa shape index (κ3) is 6.58. The Kier molecular flexibility index (Phi) is 9.56. The van der Waals surface area contributed by atoms with Gasteiger partial charge in [0.25, 0.3) is 0 Å². The highest BCUT2D eigenvalue weighted by molar-refractivity contribution is 7.26. The predicted molar refractivity (Wildman–Crippen MR) is 259 cm³/mol. The van der Waals surface area contributed by atoms with Crippen LogP contribution < -0.4 is 4.90 Å². The molecule has 1 heterocycles. The van der Waals surface area contributed by atoms with Crippen LogP contribution in [0.2, 0.25) is 0 Å². The minimum atomic E-state index is 0.583. The van der Waals surface area contributed by atoms with Crippen LogP contribution in [0.25, 0.3) is 75.5 Å². The van der Waals surface area contributed by atoms with Crippen molar-refractivity contribution in [3.05, 3.63) is 212 Å². The highest BCUT2D eigenvalue weighted by atomic mass is 32.1. The summed E-state index contributed by atoms with van der Waals surface area (Å²) in [6.07, 6.45) is 6.48. The molecule has 0 radical (unpaired) electrons. The van der Waals surface area contributed by atoms with E-state index < -0.39 is 0 Å². The first-order valence-corrected chi connectivity index (χ1v) is 22.3. The van der Waals surface area contributed by atoms with Gasteiger partial charge in [0.05, 0.1) is 11.4 Å². The van der Waals surface area contributed by atoms with E-state index in [0.29, 0.717) is 5.92 Å². The number of thiophene rings is 1. The Balaban J connectivity index is 1.13. The quantitative estimate of drug-likeness (QED) is 0.148. The molecule has 2 heteroatoms.